The molecular formula is C61H39N3S. The molecule has 65 heavy (non-hydrogen) atoms. The van der Waals surface area contributed by atoms with Crippen LogP contribution in [0.3, 0.4) is 0 Å². The quantitative estimate of drug-likeness (QED) is 0.153. The average molecular weight is 846 g/mol. The smallest absolute Gasteiger partial charge is 0.164 e. The van der Waals surface area contributed by atoms with Crippen molar-refractivity contribution in [3.8, 4) is 89.8 Å². The molecule has 2 heterocycles. The van der Waals surface area contributed by atoms with Gasteiger partial charge in [0.2, 0.25) is 0 Å². The molecule has 0 N–H and O–H groups in total. The number of hydrogen-bond donors (Lipinski definition) is 0. The maximum absolute atomic E-state index is 5.21. The second-order valence-corrected chi connectivity index (χ2v) is 17.4. The summed E-state index contributed by atoms with van der Waals surface area (Å²) in [5, 5.41) is 5.13. The van der Waals surface area contributed by atoms with Crippen LogP contribution in [0.15, 0.2) is 237 Å². The molecule has 0 unspecified atom stereocenters. The molecule has 0 saturated heterocycles. The van der Waals surface area contributed by atoms with Gasteiger partial charge in [-0.25, -0.2) is 15.0 Å². The van der Waals surface area contributed by atoms with Crippen LogP contribution < -0.4 is 0 Å². The molecule has 0 saturated carbocycles. The van der Waals surface area contributed by atoms with Crippen LogP contribution in [-0.2, 0) is 0 Å². The van der Waals surface area contributed by atoms with Gasteiger partial charge in [-0.15, -0.1) is 11.3 Å². The molecule has 4 heteroatoms. The van der Waals surface area contributed by atoms with E-state index in [1.807, 2.05) is 35.6 Å². The van der Waals surface area contributed by atoms with E-state index in [2.05, 4.69) is 212 Å². The first-order chi connectivity index (χ1) is 32.2. The number of benzene rings is 10. The lowest BCUT2D eigenvalue weighted by Crippen LogP contribution is -2.02. The van der Waals surface area contributed by atoms with Crippen molar-refractivity contribution in [1.29, 1.82) is 0 Å². The zero-order valence-corrected chi connectivity index (χ0v) is 36.1. The Morgan fingerprint density at radius 2 is 0.600 bits per heavy atom. The molecule has 0 amide bonds. The molecule has 3 nitrogen and oxygen atoms in total. The lowest BCUT2D eigenvalue weighted by Gasteiger charge is -2.14. The Balaban J connectivity index is 0.891. The number of aromatic nitrogens is 3. The molecule has 0 bridgehead atoms. The summed E-state index contributed by atoms with van der Waals surface area (Å²) in [6, 6.07) is 84.1. The first-order valence-corrected chi connectivity index (χ1v) is 22.7. The van der Waals surface area contributed by atoms with Crippen LogP contribution in [0.25, 0.3) is 121 Å². The fourth-order valence-electron chi connectivity index (χ4n) is 9.19. The number of fused-ring (bicyclic) bond motifs is 4. The van der Waals surface area contributed by atoms with Crippen LogP contribution >= 0.6 is 11.3 Å². The van der Waals surface area contributed by atoms with E-state index in [0.717, 1.165) is 50.1 Å². The predicted octanol–water partition coefficient (Wildman–Crippen LogP) is 16.7. The second-order valence-electron chi connectivity index (χ2n) is 16.3. The summed E-state index contributed by atoms with van der Waals surface area (Å²) in [6.45, 7) is 0. The molecule has 2 aromatic heterocycles. The molecule has 0 atom stereocenters. The Morgan fingerprint density at radius 1 is 0.215 bits per heavy atom. The van der Waals surface area contributed by atoms with E-state index in [1.54, 1.807) is 0 Å². The molecule has 0 spiro atoms. The molecule has 0 aliphatic carbocycles. The SMILES string of the molecule is c1ccc(-c2ccccc2-c2nc(-c3ccc(-c4ccc(-c5ccc(-c6ccc7sc8ccccc8c7c6)c6ccccc56)cc4)cc3)nc(-c3ccccc3-c3ccccc3)n2)cc1. The van der Waals surface area contributed by atoms with Crippen LogP contribution in [0.2, 0.25) is 0 Å². The zero-order valence-electron chi connectivity index (χ0n) is 35.3. The van der Waals surface area contributed by atoms with Gasteiger partial charge in [-0.2, -0.15) is 0 Å². The Labute approximate surface area is 381 Å². The van der Waals surface area contributed by atoms with Crippen molar-refractivity contribution in [2.45, 2.75) is 0 Å². The van der Waals surface area contributed by atoms with E-state index in [4.69, 9.17) is 15.0 Å². The monoisotopic (exact) mass is 845 g/mol. The standard InChI is InChI=1S/C61H39N3S/c1-3-15-42(16-4-1)47-19-7-11-24-54(47)60-62-59(63-61(64-60)55-25-12-8-20-48(55)43-17-5-2-6-18-43)45-33-29-41(30-34-45)40-27-31-44(32-28-40)49-36-37-50(52-22-10-9-21-51(49)52)46-35-38-58-56(39-46)53-23-13-14-26-57(53)65-58/h1-39H. The molecule has 0 radical (unpaired) electrons. The molecule has 12 rings (SSSR count). The average Bonchev–Trinajstić information content (AvgIpc) is 3.77. The maximum Gasteiger partial charge on any atom is 0.164 e. The van der Waals surface area contributed by atoms with E-state index in [0.29, 0.717) is 17.5 Å². The van der Waals surface area contributed by atoms with Gasteiger partial charge in [0.1, 0.15) is 0 Å². The summed E-state index contributed by atoms with van der Waals surface area (Å²) >= 11 is 1.86. The minimum absolute atomic E-state index is 0.622. The molecule has 0 aliphatic rings. The van der Waals surface area contributed by atoms with Crippen LogP contribution in [0.4, 0.5) is 0 Å². The zero-order chi connectivity index (χ0) is 43.1. The van der Waals surface area contributed by atoms with Crippen LogP contribution in [-0.4, -0.2) is 15.0 Å². The van der Waals surface area contributed by atoms with E-state index in [-0.39, 0.29) is 0 Å². The minimum Gasteiger partial charge on any atom is -0.208 e. The van der Waals surface area contributed by atoms with Gasteiger partial charge in [0.15, 0.2) is 17.5 Å². The largest absolute Gasteiger partial charge is 0.208 e. The van der Waals surface area contributed by atoms with Crippen molar-refractivity contribution >= 4 is 42.3 Å². The highest BCUT2D eigenvalue weighted by molar-refractivity contribution is 7.25. The summed E-state index contributed by atoms with van der Waals surface area (Å²) in [6.07, 6.45) is 0. The van der Waals surface area contributed by atoms with Crippen molar-refractivity contribution in [2.75, 3.05) is 0 Å². The molecule has 10 aromatic carbocycles. The topological polar surface area (TPSA) is 38.7 Å². The van der Waals surface area contributed by atoms with Crippen molar-refractivity contribution in [3.63, 3.8) is 0 Å². The van der Waals surface area contributed by atoms with Gasteiger partial charge in [-0.3, -0.25) is 0 Å². The van der Waals surface area contributed by atoms with Crippen LogP contribution in [0, 0.1) is 0 Å². The van der Waals surface area contributed by atoms with Crippen molar-refractivity contribution < 1.29 is 0 Å². The minimum atomic E-state index is 0.622. The number of thiophene rings is 1. The van der Waals surface area contributed by atoms with Crippen LogP contribution in [0.1, 0.15) is 0 Å². The lowest BCUT2D eigenvalue weighted by atomic mass is 9.91. The maximum atomic E-state index is 5.21. The molecule has 0 fully saturated rings. The number of hydrogen-bond acceptors (Lipinski definition) is 4. The number of rotatable bonds is 8. The predicted molar refractivity (Wildman–Crippen MR) is 274 cm³/mol. The van der Waals surface area contributed by atoms with E-state index in [1.165, 1.54) is 53.2 Å². The molecule has 304 valence electrons. The van der Waals surface area contributed by atoms with Gasteiger partial charge in [0.05, 0.1) is 0 Å². The van der Waals surface area contributed by atoms with Crippen molar-refractivity contribution in [3.05, 3.63) is 237 Å². The van der Waals surface area contributed by atoms with E-state index >= 15 is 0 Å². The first-order valence-electron chi connectivity index (χ1n) is 21.9. The summed E-state index contributed by atoms with van der Waals surface area (Å²) in [4.78, 5) is 15.6. The fourth-order valence-corrected chi connectivity index (χ4v) is 10.3. The van der Waals surface area contributed by atoms with E-state index < -0.39 is 0 Å². The third-order valence-electron chi connectivity index (χ3n) is 12.4. The van der Waals surface area contributed by atoms with Gasteiger partial charge in [0.25, 0.3) is 0 Å². The van der Waals surface area contributed by atoms with Crippen molar-refractivity contribution in [1.82, 2.24) is 15.0 Å². The summed E-state index contributed by atoms with van der Waals surface area (Å²) in [7, 11) is 0. The second kappa shape index (κ2) is 16.4. The Morgan fingerprint density at radius 3 is 1.17 bits per heavy atom. The lowest BCUT2D eigenvalue weighted by molar-refractivity contribution is 1.07. The molecular weight excluding hydrogens is 807 g/mol. The third-order valence-corrected chi connectivity index (χ3v) is 13.6. The Hall–Kier alpha value is -8.31. The molecule has 0 aliphatic heterocycles. The van der Waals surface area contributed by atoms with Crippen LogP contribution in [0.5, 0.6) is 0 Å². The third kappa shape index (κ3) is 7.16. The Kier molecular flexibility index (Phi) is 9.70. The summed E-state index contributed by atoms with van der Waals surface area (Å²) in [5.41, 5.74) is 14.3. The number of nitrogens with zero attached hydrogens (tertiary/aromatic N) is 3. The highest BCUT2D eigenvalue weighted by Crippen LogP contribution is 2.41. The normalized spacial score (nSPS) is 11.4. The van der Waals surface area contributed by atoms with Gasteiger partial charge in [-0.1, -0.05) is 218 Å². The summed E-state index contributed by atoms with van der Waals surface area (Å²) in [5.74, 6) is 1.88. The fraction of sp³-hybridized carbons (Fsp3) is 0. The van der Waals surface area contributed by atoms with Gasteiger partial charge in [0, 0.05) is 36.9 Å². The van der Waals surface area contributed by atoms with Crippen molar-refractivity contribution in [2.24, 2.45) is 0 Å². The first kappa shape index (κ1) is 38.4. The highest BCUT2D eigenvalue weighted by Gasteiger charge is 2.18. The molecule has 12 aromatic rings. The van der Waals surface area contributed by atoms with Gasteiger partial charge >= 0.3 is 0 Å². The van der Waals surface area contributed by atoms with Gasteiger partial charge < -0.3 is 0 Å². The summed E-state index contributed by atoms with van der Waals surface area (Å²) < 4.78 is 2.65. The van der Waals surface area contributed by atoms with Gasteiger partial charge in [-0.05, 0) is 84.6 Å². The highest BCUT2D eigenvalue weighted by atomic mass is 32.1. The van der Waals surface area contributed by atoms with E-state index in [9.17, 15) is 0 Å². The Bertz CT molecular complexity index is 3590.